The van der Waals surface area contributed by atoms with Crippen LogP contribution in [0.15, 0.2) is 47.4 Å². The van der Waals surface area contributed by atoms with Gasteiger partial charge < -0.3 is 0 Å². The Balaban J connectivity index is 2.07. The number of fused-ring (bicyclic) bond motifs is 1. The van der Waals surface area contributed by atoms with Crippen LogP contribution in [0.3, 0.4) is 0 Å². The third-order valence-electron chi connectivity index (χ3n) is 3.60. The second-order valence-corrected chi connectivity index (χ2v) is 7.35. The molecule has 3 heteroatoms. The lowest BCUT2D eigenvalue weighted by Gasteiger charge is -2.06. The van der Waals surface area contributed by atoms with Crippen molar-refractivity contribution < 1.29 is 8.42 Å². The lowest BCUT2D eigenvalue weighted by Crippen LogP contribution is -2.06. The summed E-state index contributed by atoms with van der Waals surface area (Å²) in [5, 5.41) is 2.06. The van der Waals surface area contributed by atoms with Crippen LogP contribution in [0.1, 0.15) is 39.0 Å². The highest BCUT2D eigenvalue weighted by Gasteiger charge is 2.14. The van der Waals surface area contributed by atoms with E-state index in [-0.39, 0.29) is 5.75 Å². The molecule has 2 nitrogen and oxygen atoms in total. The highest BCUT2D eigenvalue weighted by molar-refractivity contribution is 7.91. The molecule has 2 rings (SSSR count). The Hall–Kier alpha value is -1.35. The first-order valence-corrected chi connectivity index (χ1v) is 9.00. The molecule has 0 aliphatic rings. The van der Waals surface area contributed by atoms with Gasteiger partial charge in [-0.05, 0) is 29.3 Å². The number of rotatable bonds is 7. The van der Waals surface area contributed by atoms with Crippen LogP contribution in [0.5, 0.6) is 0 Å². The molecule has 0 unspecified atom stereocenters. The van der Waals surface area contributed by atoms with Crippen LogP contribution in [0, 0.1) is 0 Å². The lowest BCUT2D eigenvalue weighted by molar-refractivity contribution is 0.587. The normalized spacial score (nSPS) is 11.8. The molecule has 0 fully saturated rings. The third-order valence-corrected chi connectivity index (χ3v) is 5.39. The molecule has 0 N–H and O–H groups in total. The van der Waals surface area contributed by atoms with E-state index < -0.39 is 9.84 Å². The topological polar surface area (TPSA) is 34.1 Å². The molecular formula is C17H22O2S. The molecule has 0 spiro atoms. The zero-order valence-corrected chi connectivity index (χ0v) is 12.8. The Morgan fingerprint density at radius 3 is 2.30 bits per heavy atom. The van der Waals surface area contributed by atoms with Crippen molar-refractivity contribution in [3.8, 4) is 0 Å². The van der Waals surface area contributed by atoms with Gasteiger partial charge in [0.2, 0.25) is 0 Å². The van der Waals surface area contributed by atoms with Crippen molar-refractivity contribution in [1.82, 2.24) is 0 Å². The van der Waals surface area contributed by atoms with Crippen LogP contribution >= 0.6 is 0 Å². The van der Waals surface area contributed by atoms with Gasteiger partial charge in [0.25, 0.3) is 0 Å². The van der Waals surface area contributed by atoms with Gasteiger partial charge >= 0.3 is 0 Å². The Labute approximate surface area is 121 Å². The summed E-state index contributed by atoms with van der Waals surface area (Å²) in [5.41, 5.74) is 0. The molecule has 0 bridgehead atoms. The average molecular weight is 290 g/mol. The maximum atomic E-state index is 12.3. The molecule has 0 atom stereocenters. The summed E-state index contributed by atoms with van der Waals surface area (Å²) in [6.45, 7) is 2.16. The smallest absolute Gasteiger partial charge is 0.178 e. The summed E-state index contributed by atoms with van der Waals surface area (Å²) in [5.74, 6) is 0.259. The monoisotopic (exact) mass is 290 g/mol. The fourth-order valence-corrected chi connectivity index (χ4v) is 3.78. The first kappa shape index (κ1) is 15.0. The highest BCUT2D eigenvalue weighted by Crippen LogP contribution is 2.20. The zero-order valence-electron chi connectivity index (χ0n) is 12.0. The second kappa shape index (κ2) is 6.89. The highest BCUT2D eigenvalue weighted by atomic mass is 32.2. The van der Waals surface area contributed by atoms with Crippen molar-refractivity contribution in [2.75, 3.05) is 5.75 Å². The van der Waals surface area contributed by atoms with Gasteiger partial charge in [0.1, 0.15) is 0 Å². The molecule has 0 radical (unpaired) electrons. The molecule has 0 aliphatic carbocycles. The summed E-state index contributed by atoms with van der Waals surface area (Å²) < 4.78 is 24.6. The first-order valence-electron chi connectivity index (χ1n) is 7.35. The molecule has 0 aliphatic heterocycles. The lowest BCUT2D eigenvalue weighted by atomic mass is 10.1. The Kier molecular flexibility index (Phi) is 5.18. The van der Waals surface area contributed by atoms with E-state index in [1.165, 1.54) is 12.8 Å². The second-order valence-electron chi connectivity index (χ2n) is 5.24. The van der Waals surface area contributed by atoms with Crippen LogP contribution in [0.4, 0.5) is 0 Å². The molecule has 0 saturated carbocycles. The van der Waals surface area contributed by atoms with Gasteiger partial charge in [0.05, 0.1) is 10.6 Å². The van der Waals surface area contributed by atoms with E-state index in [1.54, 1.807) is 12.1 Å². The van der Waals surface area contributed by atoms with E-state index in [9.17, 15) is 8.42 Å². The molecule has 0 heterocycles. The SMILES string of the molecule is CCCCCCCS(=O)(=O)c1ccc2ccccc2c1. The Morgan fingerprint density at radius 2 is 1.55 bits per heavy atom. The van der Waals surface area contributed by atoms with Crippen LogP contribution in [-0.4, -0.2) is 14.2 Å². The number of hydrogen-bond donors (Lipinski definition) is 0. The summed E-state index contributed by atoms with van der Waals surface area (Å²) in [4.78, 5) is 0.451. The quantitative estimate of drug-likeness (QED) is 0.699. The molecule has 0 amide bonds. The molecule has 0 aromatic heterocycles. The van der Waals surface area contributed by atoms with Gasteiger partial charge in [-0.2, -0.15) is 0 Å². The van der Waals surface area contributed by atoms with E-state index in [1.807, 2.05) is 30.3 Å². The van der Waals surface area contributed by atoms with E-state index in [4.69, 9.17) is 0 Å². The summed E-state index contributed by atoms with van der Waals surface area (Å²) in [6.07, 6.45) is 5.26. The van der Waals surface area contributed by atoms with Gasteiger partial charge in [0.15, 0.2) is 9.84 Å². The Bertz CT molecular complexity index is 659. The predicted octanol–water partition coefficient (Wildman–Crippen LogP) is 4.58. The van der Waals surface area contributed by atoms with Gasteiger partial charge in [-0.3, -0.25) is 0 Å². The van der Waals surface area contributed by atoms with Crippen molar-refractivity contribution in [1.29, 1.82) is 0 Å². The molecule has 0 saturated heterocycles. The van der Waals surface area contributed by atoms with E-state index in [2.05, 4.69) is 6.92 Å². The van der Waals surface area contributed by atoms with Gasteiger partial charge in [0, 0.05) is 0 Å². The molecule has 108 valence electrons. The van der Waals surface area contributed by atoms with Crippen molar-refractivity contribution in [3.05, 3.63) is 42.5 Å². The zero-order chi connectivity index (χ0) is 14.4. The van der Waals surface area contributed by atoms with Gasteiger partial charge in [-0.25, -0.2) is 8.42 Å². The van der Waals surface area contributed by atoms with Gasteiger partial charge in [-0.1, -0.05) is 62.9 Å². The predicted molar refractivity (Wildman–Crippen MR) is 84.8 cm³/mol. The van der Waals surface area contributed by atoms with Gasteiger partial charge in [-0.15, -0.1) is 0 Å². The number of sulfone groups is 1. The number of hydrogen-bond acceptors (Lipinski definition) is 2. The maximum Gasteiger partial charge on any atom is 0.178 e. The van der Waals surface area contributed by atoms with Crippen LogP contribution in [0.25, 0.3) is 10.8 Å². The molecule has 20 heavy (non-hydrogen) atoms. The summed E-state index contributed by atoms with van der Waals surface area (Å²) >= 11 is 0. The fourth-order valence-electron chi connectivity index (χ4n) is 2.37. The van der Waals surface area contributed by atoms with E-state index >= 15 is 0 Å². The van der Waals surface area contributed by atoms with Crippen molar-refractivity contribution in [2.45, 2.75) is 43.9 Å². The average Bonchev–Trinajstić information content (AvgIpc) is 2.46. The van der Waals surface area contributed by atoms with Crippen molar-refractivity contribution >= 4 is 20.6 Å². The van der Waals surface area contributed by atoms with Crippen LogP contribution in [-0.2, 0) is 9.84 Å². The number of benzene rings is 2. The van der Waals surface area contributed by atoms with E-state index in [0.717, 1.165) is 30.0 Å². The Morgan fingerprint density at radius 1 is 0.850 bits per heavy atom. The molecule has 2 aromatic carbocycles. The van der Waals surface area contributed by atoms with E-state index in [0.29, 0.717) is 4.90 Å². The molecule has 2 aromatic rings. The summed E-state index contributed by atoms with van der Waals surface area (Å²) in [7, 11) is -3.14. The number of unbranched alkanes of at least 4 members (excludes halogenated alkanes) is 4. The van der Waals surface area contributed by atoms with Crippen LogP contribution < -0.4 is 0 Å². The third kappa shape index (κ3) is 3.83. The largest absolute Gasteiger partial charge is 0.224 e. The van der Waals surface area contributed by atoms with Crippen molar-refractivity contribution in [3.63, 3.8) is 0 Å². The molecular weight excluding hydrogens is 268 g/mol. The minimum absolute atomic E-state index is 0.259. The van der Waals surface area contributed by atoms with Crippen LogP contribution in [0.2, 0.25) is 0 Å². The van der Waals surface area contributed by atoms with Crippen molar-refractivity contribution in [2.24, 2.45) is 0 Å². The maximum absolute atomic E-state index is 12.3. The minimum Gasteiger partial charge on any atom is -0.224 e. The standard InChI is InChI=1S/C17H22O2S/c1-2-3-4-5-8-13-20(18,19)17-12-11-15-9-6-7-10-16(15)14-17/h6-7,9-12,14H,2-5,8,13H2,1H3. The minimum atomic E-state index is -3.14. The summed E-state index contributed by atoms with van der Waals surface area (Å²) in [6, 6.07) is 13.2. The fraction of sp³-hybridized carbons (Fsp3) is 0.412. The first-order chi connectivity index (χ1) is 9.63.